The Bertz CT molecular complexity index is 356. The molecule has 2 saturated heterocycles. The first-order chi connectivity index (χ1) is 8.53. The summed E-state index contributed by atoms with van der Waals surface area (Å²) in [6.45, 7) is 1.99. The first-order valence-corrected chi connectivity index (χ1v) is 7.86. The van der Waals surface area contributed by atoms with Crippen molar-refractivity contribution in [3.63, 3.8) is 0 Å². The molecule has 0 aromatic rings. The van der Waals surface area contributed by atoms with Crippen molar-refractivity contribution < 1.29 is 9.53 Å². The molecule has 5 atom stereocenters. The van der Waals surface area contributed by atoms with E-state index in [9.17, 15) is 4.79 Å². The monoisotopic (exact) mass is 290 g/mol. The molecule has 5 unspecified atom stereocenters. The van der Waals surface area contributed by atoms with E-state index >= 15 is 0 Å². The number of ketones is 1. The van der Waals surface area contributed by atoms with Crippen LogP contribution in [0.1, 0.15) is 45.4 Å². The number of carbonyl (C=O) groups is 1. The summed E-state index contributed by atoms with van der Waals surface area (Å²) in [5.74, 6) is 1.62. The summed E-state index contributed by atoms with van der Waals surface area (Å²) in [7, 11) is 0. The molecule has 5 rings (SSSR count). The third-order valence-corrected chi connectivity index (χ3v) is 5.79. The Hall–Kier alpha value is 0.210. The van der Waals surface area contributed by atoms with Gasteiger partial charge in [0.15, 0.2) is 10.1 Å². The number of hydrogen-bond donors (Lipinski definition) is 0. The Labute approximate surface area is 118 Å². The minimum Gasteiger partial charge on any atom is -0.366 e. The Morgan fingerprint density at radius 2 is 2.00 bits per heavy atom. The second-order valence-corrected chi connectivity index (χ2v) is 7.63. The van der Waals surface area contributed by atoms with Crippen LogP contribution in [-0.2, 0) is 9.53 Å². The Balaban J connectivity index is 1.76. The molecule has 5 fully saturated rings. The molecule has 4 heteroatoms. The van der Waals surface area contributed by atoms with Gasteiger partial charge in [-0.25, -0.2) is 0 Å². The van der Waals surface area contributed by atoms with Crippen LogP contribution in [0.5, 0.6) is 0 Å². The highest BCUT2D eigenvalue weighted by atomic mass is 35.5. The quantitative estimate of drug-likeness (QED) is 0.738. The Morgan fingerprint density at radius 1 is 1.28 bits per heavy atom. The normalized spacial score (nSPS) is 42.3. The number of ether oxygens (including phenoxy) is 1. The molecule has 3 aliphatic carbocycles. The number of rotatable bonds is 4. The zero-order valence-corrected chi connectivity index (χ0v) is 12.2. The Kier molecular flexibility index (Phi) is 3.41. The van der Waals surface area contributed by atoms with Gasteiger partial charge in [0.05, 0.1) is 6.10 Å². The topological polar surface area (TPSA) is 26.3 Å². The van der Waals surface area contributed by atoms with Crippen molar-refractivity contribution >= 4 is 29.0 Å². The molecule has 2 nitrogen and oxygen atoms in total. The lowest BCUT2D eigenvalue weighted by molar-refractivity contribution is -0.205. The molecule has 0 radical (unpaired) electrons. The first kappa shape index (κ1) is 13.2. The molecular weight excluding hydrogens is 271 g/mol. The van der Waals surface area contributed by atoms with E-state index in [4.69, 9.17) is 27.9 Å². The van der Waals surface area contributed by atoms with Crippen LogP contribution >= 0.6 is 23.2 Å². The van der Waals surface area contributed by atoms with Gasteiger partial charge in [0.2, 0.25) is 0 Å². The van der Waals surface area contributed by atoms with E-state index in [1.165, 1.54) is 12.8 Å². The summed E-state index contributed by atoms with van der Waals surface area (Å²) in [5, 5.41) is 0. The van der Waals surface area contributed by atoms with Gasteiger partial charge in [-0.3, -0.25) is 4.79 Å². The number of carbonyl (C=O) groups excluding carboxylic acids is 1. The molecule has 2 heterocycles. The molecule has 0 amide bonds. The molecule has 0 aromatic heterocycles. The van der Waals surface area contributed by atoms with Gasteiger partial charge in [-0.2, -0.15) is 0 Å². The van der Waals surface area contributed by atoms with Crippen molar-refractivity contribution in [3.8, 4) is 0 Å². The SMILES string of the molecule is CCCC(Cl)(Cl)C(=O)C1OC2CC3CCC2CC31. The fraction of sp³-hybridized carbons (Fsp3) is 0.929. The average molecular weight is 291 g/mol. The summed E-state index contributed by atoms with van der Waals surface area (Å²) >= 11 is 12.4. The fourth-order valence-corrected chi connectivity index (χ4v) is 4.74. The van der Waals surface area contributed by atoms with Gasteiger partial charge in [0, 0.05) is 0 Å². The third kappa shape index (κ3) is 2.01. The van der Waals surface area contributed by atoms with Crippen LogP contribution in [0.15, 0.2) is 0 Å². The standard InChI is InChI=1S/C14H20Cl2O2/c1-2-5-14(15,16)13(17)12-10-6-9-4-3-8(10)7-11(9)18-12/h8-12H,2-7H2,1H3. The van der Waals surface area contributed by atoms with Gasteiger partial charge in [0.1, 0.15) is 6.10 Å². The van der Waals surface area contributed by atoms with Crippen LogP contribution in [0.3, 0.4) is 0 Å². The van der Waals surface area contributed by atoms with Crippen LogP contribution in [0, 0.1) is 17.8 Å². The molecule has 2 aliphatic heterocycles. The fourth-order valence-electron chi connectivity index (χ4n) is 4.15. The second kappa shape index (κ2) is 4.64. The third-order valence-electron chi connectivity index (χ3n) is 5.04. The molecule has 0 spiro atoms. The van der Waals surface area contributed by atoms with Crippen molar-refractivity contribution in [2.75, 3.05) is 0 Å². The van der Waals surface area contributed by atoms with Crippen LogP contribution in [0.2, 0.25) is 0 Å². The van der Waals surface area contributed by atoms with Gasteiger partial charge < -0.3 is 4.74 Å². The van der Waals surface area contributed by atoms with Gasteiger partial charge in [0.25, 0.3) is 0 Å². The van der Waals surface area contributed by atoms with Crippen LogP contribution in [0.25, 0.3) is 0 Å². The highest BCUT2D eigenvalue weighted by Gasteiger charge is 2.55. The summed E-state index contributed by atoms with van der Waals surface area (Å²) in [4.78, 5) is 12.5. The van der Waals surface area contributed by atoms with E-state index < -0.39 is 4.33 Å². The van der Waals surface area contributed by atoms with Crippen molar-refractivity contribution in [2.24, 2.45) is 17.8 Å². The molecule has 0 N–H and O–H groups in total. The summed E-state index contributed by atoms with van der Waals surface area (Å²) in [5.41, 5.74) is 0. The van der Waals surface area contributed by atoms with Crippen LogP contribution < -0.4 is 0 Å². The lowest BCUT2D eigenvalue weighted by atomic mass is 9.59. The van der Waals surface area contributed by atoms with E-state index in [1.54, 1.807) is 0 Å². The predicted octanol–water partition coefficient (Wildman–Crippen LogP) is 3.73. The highest BCUT2D eigenvalue weighted by molar-refractivity contribution is 6.58. The molecule has 18 heavy (non-hydrogen) atoms. The van der Waals surface area contributed by atoms with E-state index in [0.717, 1.165) is 19.3 Å². The van der Waals surface area contributed by atoms with Gasteiger partial charge >= 0.3 is 0 Å². The number of Topliss-reactive ketones (excluding diaryl/α,β-unsaturated/α-hetero) is 1. The van der Waals surface area contributed by atoms with Crippen molar-refractivity contribution in [1.82, 2.24) is 0 Å². The lowest BCUT2D eigenvalue weighted by Crippen LogP contribution is -2.59. The zero-order valence-electron chi connectivity index (χ0n) is 10.7. The van der Waals surface area contributed by atoms with Crippen LogP contribution in [-0.4, -0.2) is 22.3 Å². The molecule has 5 aliphatic rings. The largest absolute Gasteiger partial charge is 0.366 e. The van der Waals surface area contributed by atoms with Gasteiger partial charge in [-0.05, 0) is 49.9 Å². The van der Waals surface area contributed by atoms with Gasteiger partial charge in [-0.1, -0.05) is 36.5 Å². The number of halogens is 2. The second-order valence-electron chi connectivity index (χ2n) is 6.15. The Morgan fingerprint density at radius 3 is 2.56 bits per heavy atom. The molecule has 102 valence electrons. The minimum atomic E-state index is -1.25. The highest BCUT2D eigenvalue weighted by Crippen LogP contribution is 2.54. The van der Waals surface area contributed by atoms with Crippen molar-refractivity contribution in [2.45, 2.75) is 62.0 Å². The maximum Gasteiger partial charge on any atom is 0.197 e. The smallest absolute Gasteiger partial charge is 0.197 e. The maximum absolute atomic E-state index is 12.5. The molecule has 0 aromatic carbocycles. The van der Waals surface area contributed by atoms with Crippen molar-refractivity contribution in [3.05, 3.63) is 0 Å². The molecule has 4 bridgehead atoms. The van der Waals surface area contributed by atoms with E-state index in [-0.39, 0.29) is 18.0 Å². The van der Waals surface area contributed by atoms with Crippen molar-refractivity contribution in [1.29, 1.82) is 0 Å². The summed E-state index contributed by atoms with van der Waals surface area (Å²) in [6.07, 6.45) is 6.08. The molecular formula is C14H20Cl2O2. The maximum atomic E-state index is 12.5. The predicted molar refractivity (Wildman–Crippen MR) is 72.0 cm³/mol. The van der Waals surface area contributed by atoms with Gasteiger partial charge in [-0.15, -0.1) is 0 Å². The lowest BCUT2D eigenvalue weighted by Gasteiger charge is -2.55. The first-order valence-electron chi connectivity index (χ1n) is 7.10. The van der Waals surface area contributed by atoms with E-state index in [2.05, 4.69) is 0 Å². The average Bonchev–Trinajstić information content (AvgIpc) is 2.37. The zero-order chi connectivity index (χ0) is 12.9. The summed E-state index contributed by atoms with van der Waals surface area (Å²) in [6, 6.07) is 0. The number of fused-ring (bicyclic) bond motifs is 2. The molecule has 3 saturated carbocycles. The number of hydrogen-bond acceptors (Lipinski definition) is 2. The van der Waals surface area contributed by atoms with E-state index in [0.29, 0.717) is 24.2 Å². The number of alkyl halides is 2. The van der Waals surface area contributed by atoms with Crippen LogP contribution in [0.4, 0.5) is 0 Å². The summed E-state index contributed by atoms with van der Waals surface area (Å²) < 4.78 is 4.74. The minimum absolute atomic E-state index is 0.0901. The van der Waals surface area contributed by atoms with E-state index in [1.807, 2.05) is 6.92 Å².